The molecule has 1 heterocycles. The van der Waals surface area contributed by atoms with E-state index in [1.54, 1.807) is 18.2 Å². The van der Waals surface area contributed by atoms with E-state index in [9.17, 15) is 19.1 Å². The minimum absolute atomic E-state index is 0.0111. The maximum absolute atomic E-state index is 13.3. The van der Waals surface area contributed by atoms with Gasteiger partial charge in [-0.15, -0.1) is 0 Å². The summed E-state index contributed by atoms with van der Waals surface area (Å²) in [4.78, 5) is 29.2. The van der Waals surface area contributed by atoms with Gasteiger partial charge in [0.2, 0.25) is 0 Å². The zero-order chi connectivity index (χ0) is 22.5. The van der Waals surface area contributed by atoms with Gasteiger partial charge < -0.3 is 19.6 Å². The van der Waals surface area contributed by atoms with Gasteiger partial charge in [-0.05, 0) is 62.5 Å². The van der Waals surface area contributed by atoms with Crippen molar-refractivity contribution in [3.8, 4) is 5.75 Å². The van der Waals surface area contributed by atoms with Gasteiger partial charge in [-0.2, -0.15) is 0 Å². The number of halogens is 1. The van der Waals surface area contributed by atoms with Crippen LogP contribution in [-0.4, -0.2) is 60.4 Å². The fourth-order valence-corrected chi connectivity index (χ4v) is 3.52. The number of likely N-dealkylation sites (tertiary alicyclic amines) is 1. The summed E-state index contributed by atoms with van der Waals surface area (Å²) >= 11 is 0. The molecule has 164 valence electrons. The van der Waals surface area contributed by atoms with Crippen molar-refractivity contribution < 1.29 is 23.8 Å². The van der Waals surface area contributed by atoms with E-state index in [1.165, 1.54) is 29.2 Å². The highest BCUT2D eigenvalue weighted by Gasteiger charge is 2.46. The third-order valence-electron chi connectivity index (χ3n) is 5.09. The van der Waals surface area contributed by atoms with E-state index in [4.69, 9.17) is 4.74 Å². The van der Waals surface area contributed by atoms with E-state index in [0.29, 0.717) is 31.0 Å². The Balaban J connectivity index is 2.11. The molecular weight excluding hydrogens is 399 g/mol. The Morgan fingerprint density at radius 2 is 1.87 bits per heavy atom. The highest BCUT2D eigenvalue weighted by molar-refractivity contribution is 6.46. The number of amides is 1. The minimum atomic E-state index is -0.768. The fraction of sp³-hybridized carbons (Fsp3) is 0.333. The molecule has 0 saturated carbocycles. The van der Waals surface area contributed by atoms with Crippen LogP contribution in [0.3, 0.4) is 0 Å². The zero-order valence-electron chi connectivity index (χ0n) is 18.0. The maximum Gasteiger partial charge on any atom is 0.295 e. The van der Waals surface area contributed by atoms with Crippen LogP contribution in [-0.2, 0) is 9.59 Å². The molecular formula is C24H27FN2O4. The van der Waals surface area contributed by atoms with Crippen molar-refractivity contribution in [2.45, 2.75) is 19.4 Å². The van der Waals surface area contributed by atoms with E-state index >= 15 is 0 Å². The lowest BCUT2D eigenvalue weighted by Gasteiger charge is -2.27. The molecule has 7 heteroatoms. The largest absolute Gasteiger partial charge is 0.507 e. The number of carbonyl (C=O) groups excluding carboxylic acids is 2. The Labute approximate surface area is 181 Å². The highest BCUT2D eigenvalue weighted by atomic mass is 19.1. The summed E-state index contributed by atoms with van der Waals surface area (Å²) in [5.74, 6) is -1.59. The number of hydrogen-bond donors (Lipinski definition) is 1. The maximum atomic E-state index is 13.3. The van der Waals surface area contributed by atoms with Crippen LogP contribution in [0.5, 0.6) is 5.75 Å². The van der Waals surface area contributed by atoms with E-state index in [-0.39, 0.29) is 16.9 Å². The third kappa shape index (κ3) is 4.94. The van der Waals surface area contributed by atoms with Crippen LogP contribution in [0.1, 0.15) is 30.5 Å². The monoisotopic (exact) mass is 426 g/mol. The number of carbonyl (C=O) groups is 2. The smallest absolute Gasteiger partial charge is 0.295 e. The predicted octanol–water partition coefficient (Wildman–Crippen LogP) is 3.60. The Morgan fingerprint density at radius 3 is 2.52 bits per heavy atom. The van der Waals surface area contributed by atoms with Crippen LogP contribution in [0.15, 0.2) is 54.1 Å². The van der Waals surface area contributed by atoms with Gasteiger partial charge in [0.15, 0.2) is 0 Å². The van der Waals surface area contributed by atoms with Gasteiger partial charge >= 0.3 is 0 Å². The molecule has 0 radical (unpaired) electrons. The average molecular weight is 426 g/mol. The Bertz CT molecular complexity index is 985. The molecule has 6 nitrogen and oxygen atoms in total. The number of benzene rings is 2. The first-order valence-corrected chi connectivity index (χ1v) is 10.2. The highest BCUT2D eigenvalue weighted by Crippen LogP contribution is 2.40. The molecule has 1 aliphatic rings. The lowest BCUT2D eigenvalue weighted by atomic mass is 9.95. The Kier molecular flexibility index (Phi) is 7.07. The first-order chi connectivity index (χ1) is 14.8. The van der Waals surface area contributed by atoms with Crippen molar-refractivity contribution in [2.75, 3.05) is 33.8 Å². The van der Waals surface area contributed by atoms with Crippen LogP contribution < -0.4 is 4.74 Å². The lowest BCUT2D eigenvalue weighted by molar-refractivity contribution is -0.140. The van der Waals surface area contributed by atoms with Gasteiger partial charge in [-0.3, -0.25) is 9.59 Å². The number of ketones is 1. The number of hydrogen-bond acceptors (Lipinski definition) is 5. The molecule has 1 N–H and O–H groups in total. The van der Waals surface area contributed by atoms with E-state index in [2.05, 4.69) is 0 Å². The Hall–Kier alpha value is -3.19. The minimum Gasteiger partial charge on any atom is -0.507 e. The second-order valence-corrected chi connectivity index (χ2v) is 7.72. The van der Waals surface area contributed by atoms with Crippen LogP contribution in [0.4, 0.5) is 4.39 Å². The summed E-state index contributed by atoms with van der Waals surface area (Å²) in [6.45, 7) is 3.40. The summed E-state index contributed by atoms with van der Waals surface area (Å²) < 4.78 is 19.1. The zero-order valence-corrected chi connectivity index (χ0v) is 18.0. The molecule has 1 atom stereocenters. The van der Waals surface area contributed by atoms with Crippen molar-refractivity contribution in [1.82, 2.24) is 9.80 Å². The van der Waals surface area contributed by atoms with Crippen LogP contribution in [0, 0.1) is 5.82 Å². The van der Waals surface area contributed by atoms with Crippen molar-refractivity contribution in [1.29, 1.82) is 0 Å². The number of nitrogens with zero attached hydrogens (tertiary/aromatic N) is 2. The second-order valence-electron chi connectivity index (χ2n) is 7.72. The second kappa shape index (κ2) is 9.75. The van der Waals surface area contributed by atoms with Crippen molar-refractivity contribution >= 4 is 17.4 Å². The molecule has 0 aliphatic carbocycles. The first kappa shape index (κ1) is 22.5. The molecule has 0 spiro atoms. The first-order valence-electron chi connectivity index (χ1n) is 10.2. The molecule has 31 heavy (non-hydrogen) atoms. The molecule has 2 aromatic carbocycles. The number of Topliss-reactive ketones (excluding diaryl/α,β-unsaturated/α-hetero) is 1. The molecule has 1 saturated heterocycles. The summed E-state index contributed by atoms with van der Waals surface area (Å²) in [5, 5.41) is 11.0. The fourth-order valence-electron chi connectivity index (χ4n) is 3.52. The van der Waals surface area contributed by atoms with Gasteiger partial charge in [0.25, 0.3) is 11.7 Å². The Morgan fingerprint density at radius 1 is 1.16 bits per heavy atom. The van der Waals surface area contributed by atoms with Crippen molar-refractivity contribution in [3.05, 3.63) is 71.0 Å². The SMILES string of the molecule is CCCOc1cccc(C2/C(=C(\O)c3ccc(F)cc3)C(=O)C(=O)N2CCN(C)C)c1. The van der Waals surface area contributed by atoms with Crippen LogP contribution in [0.2, 0.25) is 0 Å². The topological polar surface area (TPSA) is 70.1 Å². The molecule has 1 amide bonds. The summed E-state index contributed by atoms with van der Waals surface area (Å²) in [5.41, 5.74) is 0.925. The molecule has 1 unspecified atom stereocenters. The van der Waals surface area contributed by atoms with Crippen molar-refractivity contribution in [2.24, 2.45) is 0 Å². The number of rotatable bonds is 8. The summed E-state index contributed by atoms with van der Waals surface area (Å²) in [6, 6.07) is 11.6. The molecule has 0 bridgehead atoms. The van der Waals surface area contributed by atoms with Gasteiger partial charge in [0, 0.05) is 18.7 Å². The average Bonchev–Trinajstić information content (AvgIpc) is 3.01. The van der Waals surface area contributed by atoms with E-state index in [0.717, 1.165) is 6.42 Å². The number of aliphatic hydroxyl groups excluding tert-OH is 1. The summed E-state index contributed by atoms with van der Waals surface area (Å²) in [7, 11) is 3.76. The molecule has 3 rings (SSSR count). The van der Waals surface area contributed by atoms with Crippen LogP contribution >= 0.6 is 0 Å². The van der Waals surface area contributed by atoms with Gasteiger partial charge in [-0.25, -0.2) is 4.39 Å². The lowest BCUT2D eigenvalue weighted by Crippen LogP contribution is -2.35. The predicted molar refractivity (Wildman–Crippen MR) is 116 cm³/mol. The van der Waals surface area contributed by atoms with Crippen LogP contribution in [0.25, 0.3) is 5.76 Å². The molecule has 1 fully saturated rings. The standard InChI is InChI=1S/C24H27FN2O4/c1-4-14-31-19-7-5-6-17(15-19)21-20(22(28)16-8-10-18(25)11-9-16)23(29)24(30)27(21)13-12-26(2)3/h5-11,15,21,28H,4,12-14H2,1-3H3/b22-20+. The van der Waals surface area contributed by atoms with Gasteiger partial charge in [0.05, 0.1) is 18.2 Å². The van der Waals surface area contributed by atoms with E-state index in [1.807, 2.05) is 32.0 Å². The molecule has 0 aromatic heterocycles. The number of ether oxygens (including phenoxy) is 1. The van der Waals surface area contributed by atoms with Gasteiger partial charge in [-0.1, -0.05) is 19.1 Å². The third-order valence-corrected chi connectivity index (χ3v) is 5.09. The van der Waals surface area contributed by atoms with Gasteiger partial charge in [0.1, 0.15) is 17.3 Å². The normalized spacial score (nSPS) is 18.1. The van der Waals surface area contributed by atoms with Crippen molar-refractivity contribution in [3.63, 3.8) is 0 Å². The molecule has 1 aliphatic heterocycles. The van der Waals surface area contributed by atoms with E-state index < -0.39 is 23.5 Å². The quantitative estimate of drug-likeness (QED) is 0.397. The number of aliphatic hydroxyl groups is 1. The molecule has 2 aromatic rings. The number of likely N-dealkylation sites (N-methyl/N-ethyl adjacent to an activating group) is 1. The summed E-state index contributed by atoms with van der Waals surface area (Å²) in [6.07, 6.45) is 0.843.